The molecule has 1 aromatic heterocycles. The number of nitrogens with two attached hydrogens (primary N) is 1. The highest BCUT2D eigenvalue weighted by Gasteiger charge is 1.98. The van der Waals surface area contributed by atoms with Crippen LogP contribution in [0.25, 0.3) is 0 Å². The number of pyridine rings is 1. The summed E-state index contributed by atoms with van der Waals surface area (Å²) in [4.78, 5) is 17.9. The van der Waals surface area contributed by atoms with E-state index in [1.807, 2.05) is 0 Å². The van der Waals surface area contributed by atoms with Gasteiger partial charge in [-0.3, -0.25) is 5.32 Å². The number of anilines is 1. The number of nitrogens with zero attached hydrogens (tertiary/aromatic N) is 2. The fourth-order valence-corrected chi connectivity index (χ4v) is 0.771. The van der Waals surface area contributed by atoms with Crippen molar-refractivity contribution in [1.29, 1.82) is 0 Å². The molecule has 0 aliphatic heterocycles. The summed E-state index contributed by atoms with van der Waals surface area (Å²) in [5.41, 5.74) is 4.91. The van der Waals surface area contributed by atoms with Crippen molar-refractivity contribution in [3.05, 3.63) is 23.4 Å². The van der Waals surface area contributed by atoms with Crippen LogP contribution in [0.15, 0.2) is 23.3 Å². The molecule has 0 fully saturated rings. The van der Waals surface area contributed by atoms with Gasteiger partial charge in [-0.1, -0.05) is 11.6 Å². The second kappa shape index (κ2) is 4.42. The zero-order valence-electron chi connectivity index (χ0n) is 6.57. The van der Waals surface area contributed by atoms with Gasteiger partial charge in [0.2, 0.25) is 0 Å². The summed E-state index contributed by atoms with van der Waals surface area (Å²) in [5.74, 6) is 0.375. The molecule has 0 bridgehead atoms. The number of amides is 2. The maximum atomic E-state index is 10.8. The van der Waals surface area contributed by atoms with E-state index in [0.29, 0.717) is 10.8 Å². The molecule has 0 aliphatic rings. The van der Waals surface area contributed by atoms with Gasteiger partial charge in [0.15, 0.2) is 0 Å². The molecule has 6 heteroatoms. The molecule has 0 unspecified atom stereocenters. The van der Waals surface area contributed by atoms with Crippen molar-refractivity contribution in [3.63, 3.8) is 0 Å². The molecule has 0 saturated carbocycles. The molecular formula is C7H7ClN4O. The van der Waals surface area contributed by atoms with Crippen LogP contribution in [0, 0.1) is 0 Å². The smallest absolute Gasteiger partial charge is 0.347 e. The van der Waals surface area contributed by atoms with E-state index in [9.17, 15) is 4.79 Å². The normalized spacial score (nSPS) is 10.2. The predicted molar refractivity (Wildman–Crippen MR) is 50.9 cm³/mol. The summed E-state index contributed by atoms with van der Waals surface area (Å²) >= 11 is 5.58. The lowest BCUT2D eigenvalue weighted by atomic mass is 10.5. The summed E-state index contributed by atoms with van der Waals surface area (Å²) in [7, 11) is 0. The molecule has 5 nitrogen and oxygen atoms in total. The van der Waals surface area contributed by atoms with Crippen LogP contribution in [0.2, 0.25) is 5.02 Å². The van der Waals surface area contributed by atoms with E-state index in [1.165, 1.54) is 6.20 Å². The minimum Gasteiger partial charge on any atom is -0.390 e. The standard InChI is InChI=1S/C7H7ClN4O/c8-5-1-2-6(10-3-5)12-7(13)11-4-9/h1-4H,(H3,9,10,11,12,13). The Bertz CT molecular complexity index is 322. The van der Waals surface area contributed by atoms with E-state index in [-0.39, 0.29) is 0 Å². The minimum absolute atomic E-state index is 0.375. The Morgan fingerprint density at radius 3 is 3.00 bits per heavy atom. The first kappa shape index (κ1) is 9.47. The highest BCUT2D eigenvalue weighted by molar-refractivity contribution is 6.30. The summed E-state index contributed by atoms with van der Waals surface area (Å²) in [5, 5.41) is 2.88. The van der Waals surface area contributed by atoms with Gasteiger partial charge in [-0.05, 0) is 12.1 Å². The van der Waals surface area contributed by atoms with E-state index in [0.717, 1.165) is 6.34 Å². The van der Waals surface area contributed by atoms with E-state index >= 15 is 0 Å². The van der Waals surface area contributed by atoms with Gasteiger partial charge in [0, 0.05) is 6.20 Å². The van der Waals surface area contributed by atoms with Gasteiger partial charge >= 0.3 is 6.03 Å². The lowest BCUT2D eigenvalue weighted by Crippen LogP contribution is -2.09. The summed E-state index contributed by atoms with van der Waals surface area (Å²) < 4.78 is 0. The molecular weight excluding hydrogens is 192 g/mol. The Kier molecular flexibility index (Phi) is 3.22. The predicted octanol–water partition coefficient (Wildman–Crippen LogP) is 1.25. The molecule has 2 amide bonds. The van der Waals surface area contributed by atoms with Gasteiger partial charge in [0.05, 0.1) is 11.4 Å². The number of halogens is 1. The third-order valence-electron chi connectivity index (χ3n) is 1.15. The van der Waals surface area contributed by atoms with Crippen molar-refractivity contribution < 1.29 is 4.79 Å². The van der Waals surface area contributed by atoms with E-state index in [4.69, 9.17) is 17.3 Å². The Morgan fingerprint density at radius 1 is 1.69 bits per heavy atom. The third kappa shape index (κ3) is 3.08. The largest absolute Gasteiger partial charge is 0.390 e. The zero-order chi connectivity index (χ0) is 9.68. The number of urea groups is 1. The maximum absolute atomic E-state index is 10.8. The molecule has 1 rings (SSSR count). The SMILES string of the molecule is NC=NC(=O)Nc1ccc(Cl)cn1. The highest BCUT2D eigenvalue weighted by atomic mass is 35.5. The molecule has 0 aromatic carbocycles. The molecule has 0 radical (unpaired) electrons. The van der Waals surface area contributed by atoms with Gasteiger partial charge < -0.3 is 5.73 Å². The average molecular weight is 199 g/mol. The monoisotopic (exact) mass is 198 g/mol. The highest BCUT2D eigenvalue weighted by Crippen LogP contribution is 2.09. The van der Waals surface area contributed by atoms with Crippen LogP contribution >= 0.6 is 11.6 Å². The van der Waals surface area contributed by atoms with E-state index in [2.05, 4.69) is 15.3 Å². The number of aliphatic imine (C=N–C) groups is 1. The zero-order valence-corrected chi connectivity index (χ0v) is 7.32. The van der Waals surface area contributed by atoms with Crippen molar-refractivity contribution in [1.82, 2.24) is 4.98 Å². The van der Waals surface area contributed by atoms with Crippen molar-refractivity contribution in [3.8, 4) is 0 Å². The molecule has 68 valence electrons. The molecule has 0 saturated heterocycles. The number of hydrogen-bond donors (Lipinski definition) is 2. The van der Waals surface area contributed by atoms with Gasteiger partial charge in [-0.15, -0.1) is 0 Å². The van der Waals surface area contributed by atoms with Crippen molar-refractivity contribution in [2.24, 2.45) is 10.7 Å². The van der Waals surface area contributed by atoms with Crippen molar-refractivity contribution >= 4 is 29.8 Å². The first-order valence-electron chi connectivity index (χ1n) is 3.39. The van der Waals surface area contributed by atoms with Gasteiger partial charge in [-0.2, -0.15) is 4.99 Å². The molecule has 1 heterocycles. The van der Waals surface area contributed by atoms with Gasteiger partial charge in [0.25, 0.3) is 0 Å². The topological polar surface area (TPSA) is 80.4 Å². The van der Waals surface area contributed by atoms with Crippen LogP contribution in [0.5, 0.6) is 0 Å². The van der Waals surface area contributed by atoms with Crippen LogP contribution < -0.4 is 11.1 Å². The van der Waals surface area contributed by atoms with Gasteiger partial charge in [-0.25, -0.2) is 9.78 Å². The Morgan fingerprint density at radius 2 is 2.46 bits per heavy atom. The average Bonchev–Trinajstić information content (AvgIpc) is 2.09. The first-order valence-corrected chi connectivity index (χ1v) is 3.77. The number of aromatic nitrogens is 1. The third-order valence-corrected chi connectivity index (χ3v) is 1.38. The van der Waals surface area contributed by atoms with Crippen LogP contribution in [0.4, 0.5) is 10.6 Å². The van der Waals surface area contributed by atoms with Crippen LogP contribution in [0.3, 0.4) is 0 Å². The Balaban J connectivity index is 2.64. The number of hydrogen-bond acceptors (Lipinski definition) is 2. The molecule has 0 aliphatic carbocycles. The fourth-order valence-electron chi connectivity index (χ4n) is 0.659. The molecule has 1 aromatic rings. The van der Waals surface area contributed by atoms with Crippen LogP contribution in [-0.4, -0.2) is 17.4 Å². The quantitative estimate of drug-likeness (QED) is 0.527. The van der Waals surface area contributed by atoms with Crippen molar-refractivity contribution in [2.45, 2.75) is 0 Å². The number of carbonyl (C=O) groups excluding carboxylic acids is 1. The van der Waals surface area contributed by atoms with Crippen LogP contribution in [-0.2, 0) is 0 Å². The molecule has 13 heavy (non-hydrogen) atoms. The maximum Gasteiger partial charge on any atom is 0.347 e. The van der Waals surface area contributed by atoms with E-state index in [1.54, 1.807) is 12.1 Å². The Hall–Kier alpha value is -1.62. The van der Waals surface area contributed by atoms with Crippen LogP contribution in [0.1, 0.15) is 0 Å². The summed E-state index contributed by atoms with van der Waals surface area (Å²) in [6, 6.07) is 2.60. The van der Waals surface area contributed by atoms with Gasteiger partial charge in [0.1, 0.15) is 5.82 Å². The molecule has 3 N–H and O–H groups in total. The lowest BCUT2D eigenvalue weighted by Gasteiger charge is -1.98. The lowest BCUT2D eigenvalue weighted by molar-refractivity contribution is 0.259. The van der Waals surface area contributed by atoms with Crippen molar-refractivity contribution in [2.75, 3.05) is 5.32 Å². The second-order valence-electron chi connectivity index (χ2n) is 2.07. The minimum atomic E-state index is -0.572. The summed E-state index contributed by atoms with van der Waals surface area (Å²) in [6.45, 7) is 0. The number of rotatable bonds is 1. The molecule has 0 atom stereocenters. The Labute approximate surface area is 79.6 Å². The number of nitrogens with one attached hydrogen (secondary N) is 1. The van der Waals surface area contributed by atoms with E-state index < -0.39 is 6.03 Å². The molecule has 0 spiro atoms. The fraction of sp³-hybridized carbons (Fsp3) is 0. The summed E-state index contributed by atoms with van der Waals surface area (Å²) in [6.07, 6.45) is 2.33. The first-order chi connectivity index (χ1) is 6.22. The number of carbonyl (C=O) groups is 1. The second-order valence-corrected chi connectivity index (χ2v) is 2.51.